The topological polar surface area (TPSA) is 23.8 Å². The summed E-state index contributed by atoms with van der Waals surface area (Å²) in [6, 6.07) is 2.56. The third-order valence-corrected chi connectivity index (χ3v) is 4.25. The summed E-state index contributed by atoms with van der Waals surface area (Å²) in [4.78, 5) is 0. The molecule has 0 amide bonds. The van der Waals surface area contributed by atoms with Crippen molar-refractivity contribution in [2.24, 2.45) is 22.2 Å². The zero-order valence-electron chi connectivity index (χ0n) is 8.44. The molecule has 0 N–H and O–H groups in total. The Balaban J connectivity index is 2.31. The molecule has 1 heteroatoms. The molecule has 0 aromatic carbocycles. The van der Waals surface area contributed by atoms with Gasteiger partial charge in [-0.2, -0.15) is 5.26 Å². The summed E-state index contributed by atoms with van der Waals surface area (Å²) >= 11 is 0. The highest BCUT2D eigenvalue weighted by molar-refractivity contribution is 5.31. The molecule has 12 heavy (non-hydrogen) atoms. The first-order valence-corrected chi connectivity index (χ1v) is 4.77. The Kier molecular flexibility index (Phi) is 1.16. The molecule has 66 valence electrons. The highest BCUT2D eigenvalue weighted by Crippen LogP contribution is 2.79. The van der Waals surface area contributed by atoms with Crippen LogP contribution in [0.4, 0.5) is 0 Å². The van der Waals surface area contributed by atoms with E-state index in [9.17, 15) is 5.26 Å². The van der Waals surface area contributed by atoms with Crippen LogP contribution in [0, 0.1) is 33.5 Å². The maximum absolute atomic E-state index is 9.18. The van der Waals surface area contributed by atoms with Crippen LogP contribution in [0.3, 0.4) is 0 Å². The van der Waals surface area contributed by atoms with Gasteiger partial charge in [0.15, 0.2) is 0 Å². The summed E-state index contributed by atoms with van der Waals surface area (Å²) in [7, 11) is 0. The molecule has 2 rings (SSSR count). The van der Waals surface area contributed by atoms with Crippen molar-refractivity contribution in [1.29, 1.82) is 5.26 Å². The molecule has 0 bridgehead atoms. The summed E-state index contributed by atoms with van der Waals surface area (Å²) in [6.07, 6.45) is 2.35. The van der Waals surface area contributed by atoms with Gasteiger partial charge in [-0.15, -0.1) is 0 Å². The second-order valence-corrected chi connectivity index (χ2v) is 5.90. The summed E-state index contributed by atoms with van der Waals surface area (Å²) in [5.41, 5.74) is 0.754. The van der Waals surface area contributed by atoms with E-state index in [0.717, 1.165) is 6.42 Å². The van der Waals surface area contributed by atoms with Crippen LogP contribution in [0.5, 0.6) is 0 Å². The van der Waals surface area contributed by atoms with Crippen molar-refractivity contribution < 1.29 is 0 Å². The predicted octanol–water partition coefficient (Wildman–Crippen LogP) is 2.97. The third-order valence-electron chi connectivity index (χ3n) is 4.25. The van der Waals surface area contributed by atoms with E-state index in [1.165, 1.54) is 6.42 Å². The van der Waals surface area contributed by atoms with Crippen molar-refractivity contribution in [3.05, 3.63) is 0 Å². The smallest absolute Gasteiger partial charge is 0.0698 e. The van der Waals surface area contributed by atoms with Gasteiger partial charge in [0.1, 0.15) is 0 Å². The fourth-order valence-corrected chi connectivity index (χ4v) is 3.39. The van der Waals surface area contributed by atoms with Crippen LogP contribution in [0.25, 0.3) is 0 Å². The molecule has 2 aliphatic rings. The second-order valence-electron chi connectivity index (χ2n) is 5.90. The van der Waals surface area contributed by atoms with Gasteiger partial charge in [0.2, 0.25) is 0 Å². The highest BCUT2D eigenvalue weighted by atomic mass is 14.8. The lowest BCUT2D eigenvalue weighted by Crippen LogP contribution is -2.17. The standard InChI is InChI=1S/C11H17N/c1-9(2)5-8-10(3,4)11(8,6-9)7-12/h8H,5-6H2,1-4H3. The zero-order valence-corrected chi connectivity index (χ0v) is 8.44. The molecule has 0 spiro atoms. The molecule has 0 aromatic heterocycles. The van der Waals surface area contributed by atoms with Crippen molar-refractivity contribution in [1.82, 2.24) is 0 Å². The van der Waals surface area contributed by atoms with Crippen molar-refractivity contribution in [2.75, 3.05) is 0 Å². The van der Waals surface area contributed by atoms with Gasteiger partial charge in [0.05, 0.1) is 11.5 Å². The predicted molar refractivity (Wildman–Crippen MR) is 48.3 cm³/mol. The Morgan fingerprint density at radius 3 is 2.17 bits per heavy atom. The number of fused-ring (bicyclic) bond motifs is 1. The number of rotatable bonds is 0. The molecule has 0 aliphatic heterocycles. The molecular formula is C11H17N. The van der Waals surface area contributed by atoms with E-state index in [1.54, 1.807) is 0 Å². The van der Waals surface area contributed by atoms with Crippen LogP contribution in [0.15, 0.2) is 0 Å². The van der Waals surface area contributed by atoms with E-state index in [-0.39, 0.29) is 5.41 Å². The van der Waals surface area contributed by atoms with E-state index in [1.807, 2.05) is 0 Å². The van der Waals surface area contributed by atoms with E-state index >= 15 is 0 Å². The van der Waals surface area contributed by atoms with Gasteiger partial charge in [-0.3, -0.25) is 0 Å². The molecule has 0 saturated heterocycles. The maximum Gasteiger partial charge on any atom is 0.0698 e. The van der Waals surface area contributed by atoms with Gasteiger partial charge >= 0.3 is 0 Å². The van der Waals surface area contributed by atoms with Crippen LogP contribution in [-0.2, 0) is 0 Å². The lowest BCUT2D eigenvalue weighted by molar-refractivity contribution is 0.257. The quantitative estimate of drug-likeness (QED) is 0.538. The highest BCUT2D eigenvalue weighted by Gasteiger charge is 2.76. The Labute approximate surface area is 74.8 Å². The summed E-state index contributed by atoms with van der Waals surface area (Å²) in [5.74, 6) is 0.671. The average Bonchev–Trinajstić information content (AvgIpc) is 2.29. The van der Waals surface area contributed by atoms with Gasteiger partial charge in [-0.1, -0.05) is 27.7 Å². The maximum atomic E-state index is 9.18. The largest absolute Gasteiger partial charge is 0.198 e. The van der Waals surface area contributed by atoms with Gasteiger partial charge in [-0.05, 0) is 29.6 Å². The Bertz CT molecular complexity index is 269. The second kappa shape index (κ2) is 1.71. The van der Waals surface area contributed by atoms with Crippen molar-refractivity contribution in [3.8, 4) is 6.07 Å². The van der Waals surface area contributed by atoms with Crippen LogP contribution in [-0.4, -0.2) is 0 Å². The number of nitrogens with zero attached hydrogens (tertiary/aromatic N) is 1. The Hall–Kier alpha value is -0.510. The van der Waals surface area contributed by atoms with Gasteiger partial charge in [-0.25, -0.2) is 0 Å². The molecule has 2 fully saturated rings. The van der Waals surface area contributed by atoms with E-state index < -0.39 is 0 Å². The first-order chi connectivity index (χ1) is 5.36. The van der Waals surface area contributed by atoms with Crippen molar-refractivity contribution >= 4 is 0 Å². The number of hydrogen-bond donors (Lipinski definition) is 0. The molecule has 2 atom stereocenters. The van der Waals surface area contributed by atoms with Crippen LogP contribution >= 0.6 is 0 Å². The van der Waals surface area contributed by atoms with Crippen LogP contribution in [0.2, 0.25) is 0 Å². The lowest BCUT2D eigenvalue weighted by Gasteiger charge is -2.25. The minimum atomic E-state index is 0.0382. The first kappa shape index (κ1) is 8.10. The zero-order chi connectivity index (χ0) is 9.20. The van der Waals surface area contributed by atoms with Gasteiger partial charge in [0.25, 0.3) is 0 Å². The first-order valence-electron chi connectivity index (χ1n) is 4.77. The molecule has 2 saturated carbocycles. The van der Waals surface area contributed by atoms with Gasteiger partial charge < -0.3 is 0 Å². The monoisotopic (exact) mass is 163 g/mol. The number of nitriles is 1. The van der Waals surface area contributed by atoms with Crippen molar-refractivity contribution in [2.45, 2.75) is 40.5 Å². The minimum absolute atomic E-state index is 0.0382. The molecule has 0 aromatic rings. The van der Waals surface area contributed by atoms with E-state index in [0.29, 0.717) is 16.7 Å². The Morgan fingerprint density at radius 1 is 1.25 bits per heavy atom. The molecule has 1 nitrogen and oxygen atoms in total. The van der Waals surface area contributed by atoms with Gasteiger partial charge in [0, 0.05) is 0 Å². The van der Waals surface area contributed by atoms with Crippen LogP contribution in [0.1, 0.15) is 40.5 Å². The fourth-order valence-electron chi connectivity index (χ4n) is 3.39. The van der Waals surface area contributed by atoms with Crippen LogP contribution < -0.4 is 0 Å². The third kappa shape index (κ3) is 0.648. The Morgan fingerprint density at radius 2 is 1.83 bits per heavy atom. The normalized spacial score (nSPS) is 46.4. The molecule has 2 aliphatic carbocycles. The summed E-state index contributed by atoms with van der Waals surface area (Å²) < 4.78 is 0. The SMILES string of the molecule is CC1(C)CC2C(C)(C)C2(C#N)C1. The molecular weight excluding hydrogens is 146 g/mol. The van der Waals surface area contributed by atoms with Crippen molar-refractivity contribution in [3.63, 3.8) is 0 Å². The fraction of sp³-hybridized carbons (Fsp3) is 0.909. The molecule has 2 unspecified atom stereocenters. The minimum Gasteiger partial charge on any atom is -0.198 e. The average molecular weight is 163 g/mol. The summed E-state index contributed by atoms with van der Waals surface area (Å²) in [5, 5.41) is 9.18. The molecule has 0 radical (unpaired) electrons. The van der Waals surface area contributed by atoms with E-state index in [4.69, 9.17) is 0 Å². The lowest BCUT2D eigenvalue weighted by atomic mass is 9.79. The molecule has 0 heterocycles. The summed E-state index contributed by atoms with van der Waals surface area (Å²) in [6.45, 7) is 9.06. The number of hydrogen-bond acceptors (Lipinski definition) is 1. The van der Waals surface area contributed by atoms with E-state index in [2.05, 4.69) is 33.8 Å².